The first-order chi connectivity index (χ1) is 9.63. The molecule has 1 rings (SSSR count). The van der Waals surface area contributed by atoms with Crippen LogP contribution in [0.3, 0.4) is 0 Å². The van der Waals surface area contributed by atoms with Gasteiger partial charge >= 0.3 is 6.03 Å². The van der Waals surface area contributed by atoms with Gasteiger partial charge in [0.1, 0.15) is 5.82 Å². The summed E-state index contributed by atoms with van der Waals surface area (Å²) in [7, 11) is 1.66. The van der Waals surface area contributed by atoms with Crippen LogP contribution in [0.1, 0.15) is 18.4 Å². The van der Waals surface area contributed by atoms with Crippen LogP contribution in [0.5, 0.6) is 0 Å². The molecule has 0 bridgehead atoms. The molecule has 2 N–H and O–H groups in total. The highest BCUT2D eigenvalue weighted by atomic mass is 79.9. The number of benzene rings is 1. The summed E-state index contributed by atoms with van der Waals surface area (Å²) in [5.74, 6) is -0.282. The van der Waals surface area contributed by atoms with E-state index in [1.807, 2.05) is 0 Å². The molecule has 112 valence electrons. The number of rotatable bonds is 8. The summed E-state index contributed by atoms with van der Waals surface area (Å²) in [5.41, 5.74) is 0.971. The molecule has 4 nitrogen and oxygen atoms in total. The smallest absolute Gasteiger partial charge is 0.314 e. The molecule has 0 radical (unpaired) electrons. The summed E-state index contributed by atoms with van der Waals surface area (Å²) in [6, 6.07) is 4.67. The van der Waals surface area contributed by atoms with Crippen molar-refractivity contribution in [3.63, 3.8) is 0 Å². The first-order valence-electron chi connectivity index (χ1n) is 6.58. The van der Waals surface area contributed by atoms with Gasteiger partial charge in [0.15, 0.2) is 0 Å². The summed E-state index contributed by atoms with van der Waals surface area (Å²) < 4.78 is 18.4. The lowest BCUT2D eigenvalue weighted by atomic mass is 10.1. The molecule has 0 spiro atoms. The SMILES string of the molecule is COCCCCNC(=O)NCCc1ccc(F)c(Br)c1. The number of halogens is 2. The average molecular weight is 347 g/mol. The Hall–Kier alpha value is -1.14. The normalized spacial score (nSPS) is 10.3. The summed E-state index contributed by atoms with van der Waals surface area (Å²) in [4.78, 5) is 11.5. The molecule has 0 aliphatic heterocycles. The topological polar surface area (TPSA) is 50.4 Å². The maximum Gasteiger partial charge on any atom is 0.314 e. The van der Waals surface area contributed by atoms with Crippen LogP contribution in [0.15, 0.2) is 22.7 Å². The lowest BCUT2D eigenvalue weighted by Crippen LogP contribution is -2.37. The second-order valence-electron chi connectivity index (χ2n) is 4.38. The van der Waals surface area contributed by atoms with Crippen LogP contribution in [-0.2, 0) is 11.2 Å². The van der Waals surface area contributed by atoms with E-state index < -0.39 is 0 Å². The number of unbranched alkanes of at least 4 members (excludes halogenated alkanes) is 1. The van der Waals surface area contributed by atoms with Crippen LogP contribution in [-0.4, -0.2) is 32.8 Å². The van der Waals surface area contributed by atoms with Crippen molar-refractivity contribution in [1.82, 2.24) is 10.6 Å². The standard InChI is InChI=1S/C14H20BrFN2O2/c1-20-9-3-2-7-17-14(19)18-8-6-11-4-5-13(16)12(15)10-11/h4-5,10H,2-3,6-9H2,1H3,(H2,17,18,19). The number of methoxy groups -OCH3 is 1. The number of carbonyl (C=O) groups excluding carboxylic acids is 1. The summed E-state index contributed by atoms with van der Waals surface area (Å²) in [5, 5.41) is 5.54. The Morgan fingerprint density at radius 1 is 1.30 bits per heavy atom. The minimum absolute atomic E-state index is 0.177. The predicted octanol–water partition coefficient (Wildman–Crippen LogP) is 2.86. The first kappa shape index (κ1) is 16.9. The van der Waals surface area contributed by atoms with E-state index in [-0.39, 0.29) is 11.8 Å². The Balaban J connectivity index is 2.13. The van der Waals surface area contributed by atoms with Crippen molar-refractivity contribution < 1.29 is 13.9 Å². The molecule has 0 heterocycles. The molecule has 0 aromatic heterocycles. The van der Waals surface area contributed by atoms with Crippen LogP contribution in [0.25, 0.3) is 0 Å². The van der Waals surface area contributed by atoms with Crippen LogP contribution in [0.4, 0.5) is 9.18 Å². The second kappa shape index (κ2) is 9.72. The van der Waals surface area contributed by atoms with Crippen LogP contribution < -0.4 is 10.6 Å². The number of carbonyl (C=O) groups is 1. The van der Waals surface area contributed by atoms with Crippen molar-refractivity contribution in [2.24, 2.45) is 0 Å². The molecular formula is C14H20BrFN2O2. The van der Waals surface area contributed by atoms with E-state index in [9.17, 15) is 9.18 Å². The molecule has 2 amide bonds. The van der Waals surface area contributed by atoms with Crippen molar-refractivity contribution in [2.45, 2.75) is 19.3 Å². The van der Waals surface area contributed by atoms with Gasteiger partial charge in [0.05, 0.1) is 4.47 Å². The molecule has 0 saturated carbocycles. The zero-order valence-corrected chi connectivity index (χ0v) is 13.1. The third-order valence-corrected chi connectivity index (χ3v) is 3.35. The van der Waals surface area contributed by atoms with Crippen LogP contribution in [0.2, 0.25) is 0 Å². The Kier molecular flexibility index (Phi) is 8.22. The monoisotopic (exact) mass is 346 g/mol. The fraction of sp³-hybridized carbons (Fsp3) is 0.500. The molecule has 0 unspecified atom stereocenters. The Morgan fingerprint density at radius 3 is 2.75 bits per heavy atom. The van der Waals surface area contributed by atoms with E-state index in [0.717, 1.165) is 18.4 Å². The molecule has 0 fully saturated rings. The first-order valence-corrected chi connectivity index (χ1v) is 7.37. The van der Waals surface area contributed by atoms with Gasteiger partial charge in [0, 0.05) is 26.8 Å². The highest BCUT2D eigenvalue weighted by molar-refractivity contribution is 9.10. The molecular weight excluding hydrogens is 327 g/mol. The number of hydrogen-bond acceptors (Lipinski definition) is 2. The van der Waals surface area contributed by atoms with Crippen molar-refractivity contribution in [1.29, 1.82) is 0 Å². The zero-order valence-electron chi connectivity index (χ0n) is 11.5. The van der Waals surface area contributed by atoms with E-state index in [4.69, 9.17) is 4.74 Å². The predicted molar refractivity (Wildman–Crippen MR) is 80.3 cm³/mol. The summed E-state index contributed by atoms with van der Waals surface area (Å²) >= 11 is 3.14. The molecule has 0 aliphatic rings. The molecule has 20 heavy (non-hydrogen) atoms. The summed E-state index contributed by atoms with van der Waals surface area (Å²) in [6.07, 6.45) is 2.49. The van der Waals surface area contributed by atoms with E-state index in [0.29, 0.717) is 30.6 Å². The van der Waals surface area contributed by atoms with Crippen molar-refractivity contribution >= 4 is 22.0 Å². The van der Waals surface area contributed by atoms with E-state index >= 15 is 0 Å². The fourth-order valence-corrected chi connectivity index (χ4v) is 2.08. The van der Waals surface area contributed by atoms with Gasteiger partial charge in [-0.15, -0.1) is 0 Å². The number of hydrogen-bond donors (Lipinski definition) is 2. The van der Waals surface area contributed by atoms with E-state index in [1.165, 1.54) is 6.07 Å². The summed E-state index contributed by atoms with van der Waals surface area (Å²) in [6.45, 7) is 1.86. The number of nitrogens with one attached hydrogen (secondary N) is 2. The molecule has 6 heteroatoms. The Labute approximate surface area is 127 Å². The second-order valence-corrected chi connectivity index (χ2v) is 5.24. The maximum atomic E-state index is 13.0. The van der Waals surface area contributed by atoms with Crippen molar-refractivity contribution in [3.8, 4) is 0 Å². The average Bonchev–Trinajstić information content (AvgIpc) is 2.42. The third-order valence-electron chi connectivity index (χ3n) is 2.74. The molecule has 0 saturated heterocycles. The van der Waals surface area contributed by atoms with Gasteiger partial charge in [0.25, 0.3) is 0 Å². The van der Waals surface area contributed by atoms with Gasteiger partial charge in [-0.3, -0.25) is 0 Å². The van der Waals surface area contributed by atoms with Crippen molar-refractivity contribution in [2.75, 3.05) is 26.8 Å². The molecule has 1 aromatic rings. The largest absolute Gasteiger partial charge is 0.385 e. The van der Waals surface area contributed by atoms with Gasteiger partial charge in [-0.25, -0.2) is 9.18 Å². The van der Waals surface area contributed by atoms with Gasteiger partial charge in [-0.2, -0.15) is 0 Å². The lowest BCUT2D eigenvalue weighted by Gasteiger charge is -2.08. The van der Waals surface area contributed by atoms with Gasteiger partial charge in [-0.05, 0) is 52.9 Å². The van der Waals surface area contributed by atoms with Gasteiger partial charge in [-0.1, -0.05) is 6.07 Å². The quantitative estimate of drug-likeness (QED) is 0.711. The molecule has 1 aromatic carbocycles. The maximum absolute atomic E-state index is 13.0. The van der Waals surface area contributed by atoms with E-state index in [1.54, 1.807) is 19.2 Å². The Bertz CT molecular complexity index is 430. The number of urea groups is 1. The third kappa shape index (κ3) is 6.86. The van der Waals surface area contributed by atoms with Crippen molar-refractivity contribution in [3.05, 3.63) is 34.1 Å². The van der Waals surface area contributed by atoms with Crippen LogP contribution in [0, 0.1) is 5.82 Å². The van der Waals surface area contributed by atoms with Gasteiger partial charge in [0.2, 0.25) is 0 Å². The number of ether oxygens (including phenoxy) is 1. The molecule has 0 atom stereocenters. The van der Waals surface area contributed by atoms with E-state index in [2.05, 4.69) is 26.6 Å². The minimum Gasteiger partial charge on any atom is -0.385 e. The molecule has 0 aliphatic carbocycles. The lowest BCUT2D eigenvalue weighted by molar-refractivity contribution is 0.192. The highest BCUT2D eigenvalue weighted by Crippen LogP contribution is 2.16. The Morgan fingerprint density at radius 2 is 2.05 bits per heavy atom. The zero-order chi connectivity index (χ0) is 14.8. The minimum atomic E-state index is -0.282. The van der Waals surface area contributed by atoms with Crippen LogP contribution >= 0.6 is 15.9 Å². The number of amides is 2. The highest BCUT2D eigenvalue weighted by Gasteiger charge is 2.02. The van der Waals surface area contributed by atoms with Gasteiger partial charge < -0.3 is 15.4 Å². The fourth-order valence-electron chi connectivity index (χ4n) is 1.65.